The van der Waals surface area contributed by atoms with E-state index in [-0.39, 0.29) is 0 Å². The minimum absolute atomic E-state index is 0.493. The molecule has 3 unspecified atom stereocenters. The third-order valence-corrected chi connectivity index (χ3v) is 5.02. The zero-order chi connectivity index (χ0) is 14.1. The Morgan fingerprint density at radius 3 is 2.60 bits per heavy atom. The molecule has 1 N–H and O–H groups in total. The summed E-state index contributed by atoms with van der Waals surface area (Å²) in [7, 11) is 0. The van der Waals surface area contributed by atoms with Crippen molar-refractivity contribution in [2.24, 2.45) is 11.8 Å². The van der Waals surface area contributed by atoms with E-state index < -0.39 is 0 Å². The van der Waals surface area contributed by atoms with Crippen LogP contribution in [0.1, 0.15) is 56.4 Å². The smallest absolute Gasteiger partial charge is 0.167 e. The Bertz CT molecular complexity index is 546. The molecule has 2 aliphatic carbocycles. The number of nitrogens with zero attached hydrogens (tertiary/aromatic N) is 3. The number of hydrogen-bond acceptors (Lipinski definition) is 4. The van der Waals surface area contributed by atoms with Gasteiger partial charge in [-0.15, -0.1) is 5.10 Å². The Balaban J connectivity index is 1.88. The summed E-state index contributed by atoms with van der Waals surface area (Å²) in [4.78, 5) is 0. The van der Waals surface area contributed by atoms with Gasteiger partial charge in [-0.1, -0.05) is 20.3 Å². The molecule has 4 heteroatoms. The molecule has 2 bridgehead atoms. The lowest BCUT2D eigenvalue weighted by Crippen LogP contribution is -2.27. The van der Waals surface area contributed by atoms with Gasteiger partial charge in [0.25, 0.3) is 0 Å². The molecule has 3 rings (SSSR count). The van der Waals surface area contributed by atoms with Crippen LogP contribution in [0.3, 0.4) is 0 Å². The number of aromatic nitrogens is 2. The number of fused-ring (bicyclic) bond motifs is 2. The first-order chi connectivity index (χ1) is 9.76. The van der Waals surface area contributed by atoms with E-state index in [0.29, 0.717) is 17.4 Å². The largest absolute Gasteiger partial charge is 0.364 e. The summed E-state index contributed by atoms with van der Waals surface area (Å²) >= 11 is 0. The van der Waals surface area contributed by atoms with Crippen LogP contribution in [0.2, 0.25) is 0 Å². The standard InChI is InChI=1S/C16H22N4/c1-3-12-13(9-17)16(20-19-14(12)4-2)18-15-8-10-5-6-11(15)7-10/h10-11,15H,3-8H2,1-2H3,(H,18,20). The number of rotatable bonds is 4. The van der Waals surface area contributed by atoms with Crippen molar-refractivity contribution in [1.82, 2.24) is 10.2 Å². The molecule has 1 aromatic heterocycles. The first-order valence-corrected chi connectivity index (χ1v) is 7.81. The Kier molecular flexibility index (Phi) is 3.60. The molecule has 0 aliphatic heterocycles. The van der Waals surface area contributed by atoms with Crippen molar-refractivity contribution in [3.63, 3.8) is 0 Å². The summed E-state index contributed by atoms with van der Waals surface area (Å²) < 4.78 is 0. The van der Waals surface area contributed by atoms with Gasteiger partial charge < -0.3 is 5.32 Å². The predicted molar refractivity (Wildman–Crippen MR) is 78.4 cm³/mol. The van der Waals surface area contributed by atoms with Crippen molar-refractivity contribution < 1.29 is 0 Å². The minimum Gasteiger partial charge on any atom is -0.364 e. The summed E-state index contributed by atoms with van der Waals surface area (Å²) in [5.74, 6) is 2.36. The lowest BCUT2D eigenvalue weighted by molar-refractivity contribution is 0.438. The van der Waals surface area contributed by atoms with Gasteiger partial charge in [0.15, 0.2) is 5.82 Å². The Hall–Kier alpha value is -1.63. The van der Waals surface area contributed by atoms with Crippen LogP contribution in [-0.4, -0.2) is 16.2 Å². The second-order valence-corrected chi connectivity index (χ2v) is 6.09. The Morgan fingerprint density at radius 2 is 2.05 bits per heavy atom. The molecule has 20 heavy (non-hydrogen) atoms. The molecule has 106 valence electrons. The molecule has 1 aromatic rings. The fourth-order valence-electron chi connectivity index (χ4n) is 3.99. The number of nitriles is 1. The first kappa shape index (κ1) is 13.4. The maximum absolute atomic E-state index is 9.50. The molecule has 2 fully saturated rings. The molecule has 0 spiro atoms. The SMILES string of the molecule is CCc1nnc(NC2CC3CCC2C3)c(C#N)c1CC. The van der Waals surface area contributed by atoms with Crippen LogP contribution in [0.25, 0.3) is 0 Å². The molecule has 0 aromatic carbocycles. The van der Waals surface area contributed by atoms with E-state index in [0.717, 1.165) is 35.9 Å². The normalized spacial score (nSPS) is 27.6. The van der Waals surface area contributed by atoms with Crippen molar-refractivity contribution in [3.05, 3.63) is 16.8 Å². The fraction of sp³-hybridized carbons (Fsp3) is 0.688. The molecule has 2 saturated carbocycles. The van der Waals surface area contributed by atoms with Gasteiger partial charge in [-0.2, -0.15) is 10.4 Å². The van der Waals surface area contributed by atoms with E-state index in [2.05, 4.69) is 35.4 Å². The highest BCUT2D eigenvalue weighted by Gasteiger charge is 2.39. The molecular weight excluding hydrogens is 248 g/mol. The monoisotopic (exact) mass is 270 g/mol. The molecule has 0 amide bonds. The third kappa shape index (κ3) is 2.15. The Morgan fingerprint density at radius 1 is 1.20 bits per heavy atom. The van der Waals surface area contributed by atoms with Gasteiger partial charge in [0, 0.05) is 6.04 Å². The fourth-order valence-corrected chi connectivity index (χ4v) is 3.99. The highest BCUT2D eigenvalue weighted by molar-refractivity contribution is 5.57. The molecule has 0 saturated heterocycles. The third-order valence-electron chi connectivity index (χ3n) is 5.02. The summed E-state index contributed by atoms with van der Waals surface area (Å²) in [6, 6.07) is 2.84. The van der Waals surface area contributed by atoms with Crippen LogP contribution in [-0.2, 0) is 12.8 Å². The Labute approximate surface area is 120 Å². The topological polar surface area (TPSA) is 61.6 Å². The van der Waals surface area contributed by atoms with Gasteiger partial charge in [0.2, 0.25) is 0 Å². The van der Waals surface area contributed by atoms with Crippen LogP contribution >= 0.6 is 0 Å². The molecule has 2 aliphatic rings. The van der Waals surface area contributed by atoms with Crippen molar-refractivity contribution in [2.45, 2.75) is 58.4 Å². The van der Waals surface area contributed by atoms with E-state index in [1.165, 1.54) is 25.7 Å². The summed E-state index contributed by atoms with van der Waals surface area (Å²) in [5.41, 5.74) is 2.74. The van der Waals surface area contributed by atoms with E-state index in [1.807, 2.05) is 0 Å². The number of hydrogen-bond donors (Lipinski definition) is 1. The van der Waals surface area contributed by atoms with E-state index in [4.69, 9.17) is 0 Å². The average molecular weight is 270 g/mol. The number of aryl methyl sites for hydroxylation is 1. The van der Waals surface area contributed by atoms with Crippen LogP contribution in [0.4, 0.5) is 5.82 Å². The van der Waals surface area contributed by atoms with Gasteiger partial charge in [-0.05, 0) is 49.5 Å². The van der Waals surface area contributed by atoms with Crippen molar-refractivity contribution in [3.8, 4) is 6.07 Å². The van der Waals surface area contributed by atoms with Gasteiger partial charge >= 0.3 is 0 Å². The van der Waals surface area contributed by atoms with Gasteiger partial charge in [0.05, 0.1) is 5.69 Å². The van der Waals surface area contributed by atoms with Crippen LogP contribution in [0.5, 0.6) is 0 Å². The van der Waals surface area contributed by atoms with Gasteiger partial charge in [-0.25, -0.2) is 0 Å². The van der Waals surface area contributed by atoms with Crippen LogP contribution in [0.15, 0.2) is 0 Å². The summed E-state index contributed by atoms with van der Waals surface area (Å²) in [5, 5.41) is 21.6. The summed E-state index contributed by atoms with van der Waals surface area (Å²) in [6.07, 6.45) is 6.96. The van der Waals surface area contributed by atoms with Crippen LogP contribution < -0.4 is 5.32 Å². The maximum Gasteiger partial charge on any atom is 0.167 e. The van der Waals surface area contributed by atoms with Crippen molar-refractivity contribution in [1.29, 1.82) is 5.26 Å². The number of anilines is 1. The predicted octanol–water partition coefficient (Wildman–Crippen LogP) is 3.07. The van der Waals surface area contributed by atoms with Crippen LogP contribution in [0, 0.1) is 23.2 Å². The molecule has 3 atom stereocenters. The van der Waals surface area contributed by atoms with E-state index in [1.54, 1.807) is 0 Å². The van der Waals surface area contributed by atoms with Crippen molar-refractivity contribution in [2.75, 3.05) is 5.32 Å². The lowest BCUT2D eigenvalue weighted by atomic mass is 9.95. The number of nitrogens with one attached hydrogen (secondary N) is 1. The van der Waals surface area contributed by atoms with Gasteiger partial charge in [0.1, 0.15) is 11.6 Å². The second-order valence-electron chi connectivity index (χ2n) is 6.09. The second kappa shape index (κ2) is 5.40. The molecule has 4 nitrogen and oxygen atoms in total. The van der Waals surface area contributed by atoms with E-state index in [9.17, 15) is 5.26 Å². The van der Waals surface area contributed by atoms with Crippen molar-refractivity contribution >= 4 is 5.82 Å². The minimum atomic E-state index is 0.493. The maximum atomic E-state index is 9.50. The quantitative estimate of drug-likeness (QED) is 0.913. The zero-order valence-electron chi connectivity index (χ0n) is 12.3. The van der Waals surface area contributed by atoms with Gasteiger partial charge in [-0.3, -0.25) is 0 Å². The van der Waals surface area contributed by atoms with E-state index >= 15 is 0 Å². The molecule has 1 heterocycles. The summed E-state index contributed by atoms with van der Waals surface area (Å²) in [6.45, 7) is 4.14. The highest BCUT2D eigenvalue weighted by atomic mass is 15.2. The average Bonchev–Trinajstić information content (AvgIpc) is 3.09. The first-order valence-electron chi connectivity index (χ1n) is 7.81. The molecular formula is C16H22N4. The highest BCUT2D eigenvalue weighted by Crippen LogP contribution is 2.45. The zero-order valence-corrected chi connectivity index (χ0v) is 12.3. The molecule has 0 radical (unpaired) electrons. The lowest BCUT2D eigenvalue weighted by Gasteiger charge is -2.24.